The normalized spacial score (nSPS) is 11.8. The van der Waals surface area contributed by atoms with E-state index in [9.17, 15) is 4.79 Å². The van der Waals surface area contributed by atoms with Crippen molar-refractivity contribution < 1.29 is 19.0 Å². The van der Waals surface area contributed by atoms with E-state index >= 15 is 0 Å². The molecule has 0 aliphatic carbocycles. The maximum atomic E-state index is 11.6. The number of halogens is 1. The summed E-state index contributed by atoms with van der Waals surface area (Å²) in [6, 6.07) is 3.09. The van der Waals surface area contributed by atoms with Crippen molar-refractivity contribution in [2.75, 3.05) is 13.7 Å². The van der Waals surface area contributed by atoms with Gasteiger partial charge < -0.3 is 25.7 Å². The van der Waals surface area contributed by atoms with E-state index in [4.69, 9.17) is 37.3 Å². The van der Waals surface area contributed by atoms with Gasteiger partial charge in [0.1, 0.15) is 0 Å². The number of esters is 1. The Bertz CT molecular complexity index is 615. The van der Waals surface area contributed by atoms with Gasteiger partial charge in [-0.2, -0.15) is 5.10 Å². The standard InChI is InChI=1S/C14H19ClN4O4/c1-4-22-13(20)8(2)23-12-6-10(15)9(5-11(12)21-3)7-18-19-14(16)17/h5-8H,4H2,1-3H3,(H4,16,17,19). The minimum Gasteiger partial charge on any atom is -0.493 e. The Morgan fingerprint density at radius 2 is 2.09 bits per heavy atom. The first-order valence-corrected chi connectivity index (χ1v) is 7.09. The Kier molecular flexibility index (Phi) is 7.14. The van der Waals surface area contributed by atoms with Gasteiger partial charge in [0, 0.05) is 11.6 Å². The monoisotopic (exact) mass is 342 g/mol. The SMILES string of the molecule is CCOC(=O)C(C)Oc1cc(Cl)c(C=NN=C(N)N)cc1OC. The van der Waals surface area contributed by atoms with Crippen LogP contribution in [0.3, 0.4) is 0 Å². The van der Waals surface area contributed by atoms with Crippen LogP contribution in [-0.2, 0) is 9.53 Å². The van der Waals surface area contributed by atoms with Gasteiger partial charge in [-0.1, -0.05) is 11.6 Å². The predicted molar refractivity (Wildman–Crippen MR) is 88.1 cm³/mol. The third kappa shape index (κ3) is 5.67. The number of carbonyl (C=O) groups excluding carboxylic acids is 1. The summed E-state index contributed by atoms with van der Waals surface area (Å²) in [5.41, 5.74) is 10.9. The molecule has 0 aromatic heterocycles. The molecule has 8 nitrogen and oxygen atoms in total. The van der Waals surface area contributed by atoms with E-state index in [1.54, 1.807) is 19.9 Å². The Morgan fingerprint density at radius 1 is 1.39 bits per heavy atom. The molecule has 1 aromatic rings. The second-order valence-electron chi connectivity index (χ2n) is 4.31. The molecule has 0 amide bonds. The second kappa shape index (κ2) is 8.84. The van der Waals surface area contributed by atoms with Crippen molar-refractivity contribution >= 4 is 29.7 Å². The average molecular weight is 343 g/mol. The number of benzene rings is 1. The highest BCUT2D eigenvalue weighted by Gasteiger charge is 2.19. The Hall–Kier alpha value is -2.48. The van der Waals surface area contributed by atoms with Crippen molar-refractivity contribution in [3.05, 3.63) is 22.7 Å². The molecular formula is C14H19ClN4O4. The third-order valence-corrected chi connectivity index (χ3v) is 2.90. The number of nitrogens with zero attached hydrogens (tertiary/aromatic N) is 2. The van der Waals surface area contributed by atoms with Crippen molar-refractivity contribution in [2.24, 2.45) is 21.7 Å². The van der Waals surface area contributed by atoms with Gasteiger partial charge in [0.15, 0.2) is 17.6 Å². The van der Waals surface area contributed by atoms with Gasteiger partial charge in [-0.05, 0) is 19.9 Å². The molecule has 1 unspecified atom stereocenters. The molecule has 0 saturated carbocycles. The number of ether oxygens (including phenoxy) is 3. The van der Waals surface area contributed by atoms with Gasteiger partial charge in [-0.3, -0.25) is 0 Å². The fourth-order valence-electron chi connectivity index (χ4n) is 1.56. The quantitative estimate of drug-likeness (QED) is 0.333. The molecule has 4 N–H and O–H groups in total. The molecule has 0 aliphatic rings. The van der Waals surface area contributed by atoms with E-state index in [0.29, 0.717) is 22.1 Å². The third-order valence-electron chi connectivity index (χ3n) is 2.58. The zero-order valence-corrected chi connectivity index (χ0v) is 13.8. The zero-order chi connectivity index (χ0) is 17.4. The molecule has 0 fully saturated rings. The molecule has 1 rings (SSSR count). The van der Waals surface area contributed by atoms with E-state index in [1.165, 1.54) is 19.4 Å². The van der Waals surface area contributed by atoms with Crippen LogP contribution in [0.1, 0.15) is 19.4 Å². The highest BCUT2D eigenvalue weighted by molar-refractivity contribution is 6.33. The zero-order valence-electron chi connectivity index (χ0n) is 13.1. The molecule has 1 aromatic carbocycles. The maximum absolute atomic E-state index is 11.6. The predicted octanol–water partition coefficient (Wildman–Crippen LogP) is 1.29. The number of nitrogens with two attached hydrogens (primary N) is 2. The molecule has 126 valence electrons. The van der Waals surface area contributed by atoms with Gasteiger partial charge in [0.2, 0.25) is 5.96 Å². The fourth-order valence-corrected chi connectivity index (χ4v) is 1.76. The summed E-state index contributed by atoms with van der Waals surface area (Å²) in [6.45, 7) is 3.55. The van der Waals surface area contributed by atoms with Crippen LogP contribution in [0.15, 0.2) is 22.3 Å². The van der Waals surface area contributed by atoms with Crippen LogP contribution in [0.5, 0.6) is 11.5 Å². The molecule has 0 spiro atoms. The van der Waals surface area contributed by atoms with Crippen LogP contribution >= 0.6 is 11.6 Å². The lowest BCUT2D eigenvalue weighted by Gasteiger charge is -2.16. The van der Waals surface area contributed by atoms with Gasteiger partial charge in [0.05, 0.1) is 25.0 Å². The molecule has 23 heavy (non-hydrogen) atoms. The van der Waals surface area contributed by atoms with E-state index < -0.39 is 12.1 Å². The fraction of sp³-hybridized carbons (Fsp3) is 0.357. The Balaban J connectivity index is 3.02. The summed E-state index contributed by atoms with van der Waals surface area (Å²) in [4.78, 5) is 11.6. The van der Waals surface area contributed by atoms with Crippen LogP contribution in [-0.4, -0.2) is 38.0 Å². The summed E-state index contributed by atoms with van der Waals surface area (Å²) in [7, 11) is 1.46. The van der Waals surface area contributed by atoms with E-state index in [2.05, 4.69) is 10.2 Å². The summed E-state index contributed by atoms with van der Waals surface area (Å²) in [5, 5.41) is 7.48. The van der Waals surface area contributed by atoms with Gasteiger partial charge in [0.25, 0.3) is 0 Å². The molecule has 0 radical (unpaired) electrons. The molecular weight excluding hydrogens is 324 g/mol. The van der Waals surface area contributed by atoms with E-state index in [0.717, 1.165) is 0 Å². The van der Waals surface area contributed by atoms with Gasteiger partial charge in [-0.15, -0.1) is 5.10 Å². The van der Waals surface area contributed by atoms with E-state index in [-0.39, 0.29) is 12.6 Å². The number of hydrogen-bond donors (Lipinski definition) is 2. The summed E-state index contributed by atoms with van der Waals surface area (Å²) in [6.07, 6.45) is 0.560. The van der Waals surface area contributed by atoms with Crippen molar-refractivity contribution in [2.45, 2.75) is 20.0 Å². The first kappa shape index (κ1) is 18.6. The smallest absolute Gasteiger partial charge is 0.347 e. The molecule has 0 heterocycles. The van der Waals surface area contributed by atoms with Crippen LogP contribution < -0.4 is 20.9 Å². The first-order valence-electron chi connectivity index (χ1n) is 6.71. The van der Waals surface area contributed by atoms with Crippen molar-refractivity contribution in [3.8, 4) is 11.5 Å². The summed E-state index contributed by atoms with van der Waals surface area (Å²) in [5.74, 6) is 0.0189. The molecule has 1 atom stereocenters. The lowest BCUT2D eigenvalue weighted by Crippen LogP contribution is -2.26. The van der Waals surface area contributed by atoms with Crippen LogP contribution in [0, 0.1) is 0 Å². The number of rotatable bonds is 7. The highest BCUT2D eigenvalue weighted by Crippen LogP contribution is 2.33. The summed E-state index contributed by atoms with van der Waals surface area (Å²) >= 11 is 6.14. The minimum atomic E-state index is -0.805. The van der Waals surface area contributed by atoms with E-state index in [1.807, 2.05) is 0 Å². The summed E-state index contributed by atoms with van der Waals surface area (Å²) < 4.78 is 15.6. The van der Waals surface area contributed by atoms with Gasteiger partial charge >= 0.3 is 5.97 Å². The van der Waals surface area contributed by atoms with Crippen molar-refractivity contribution in [1.29, 1.82) is 0 Å². The Labute approximate surface area is 139 Å². The second-order valence-corrected chi connectivity index (χ2v) is 4.71. The van der Waals surface area contributed by atoms with Crippen LogP contribution in [0.4, 0.5) is 0 Å². The Morgan fingerprint density at radius 3 is 2.65 bits per heavy atom. The van der Waals surface area contributed by atoms with Gasteiger partial charge in [-0.25, -0.2) is 4.79 Å². The molecule has 9 heteroatoms. The maximum Gasteiger partial charge on any atom is 0.347 e. The first-order chi connectivity index (χ1) is 10.9. The minimum absolute atomic E-state index is 0.174. The molecule has 0 aliphatic heterocycles. The topological polar surface area (TPSA) is 122 Å². The molecule has 0 bridgehead atoms. The largest absolute Gasteiger partial charge is 0.493 e. The van der Waals surface area contributed by atoms with Crippen LogP contribution in [0.2, 0.25) is 5.02 Å². The lowest BCUT2D eigenvalue weighted by molar-refractivity contribution is -0.150. The van der Waals surface area contributed by atoms with Crippen molar-refractivity contribution in [1.82, 2.24) is 0 Å². The number of carbonyl (C=O) groups is 1. The molecule has 0 saturated heterocycles. The number of methoxy groups -OCH3 is 1. The highest BCUT2D eigenvalue weighted by atomic mass is 35.5. The lowest BCUT2D eigenvalue weighted by atomic mass is 10.2. The number of guanidine groups is 1. The van der Waals surface area contributed by atoms with Crippen molar-refractivity contribution in [3.63, 3.8) is 0 Å². The van der Waals surface area contributed by atoms with Crippen LogP contribution in [0.25, 0.3) is 0 Å². The number of hydrogen-bond acceptors (Lipinski definition) is 6. The average Bonchev–Trinajstić information content (AvgIpc) is 2.49.